The standard InChI is InChI=1S/C25H27BrN2O5S/c1-4-7-12-33-22-19(26)13-16(14-20(22)32-6-3)15-21-23(29)28(5-2)25(34-21)27-18-10-8-17(9-11-18)24(30)31/h8-11,13-15H,4-7,12H2,1-3H3,(H,30,31)/b21-15+,27-25?. The summed E-state index contributed by atoms with van der Waals surface area (Å²) in [5.74, 6) is 0.148. The lowest BCUT2D eigenvalue weighted by Gasteiger charge is -2.14. The van der Waals surface area contributed by atoms with Crippen LogP contribution in [0.3, 0.4) is 0 Å². The molecule has 1 fully saturated rings. The molecule has 0 aliphatic carbocycles. The van der Waals surface area contributed by atoms with Gasteiger partial charge in [0.25, 0.3) is 5.91 Å². The van der Waals surface area contributed by atoms with Gasteiger partial charge in [-0.3, -0.25) is 9.69 Å². The number of carbonyl (C=O) groups is 2. The lowest BCUT2D eigenvalue weighted by atomic mass is 10.1. The number of thioether (sulfide) groups is 1. The van der Waals surface area contributed by atoms with E-state index in [-0.39, 0.29) is 11.5 Å². The number of amidine groups is 1. The van der Waals surface area contributed by atoms with Crippen LogP contribution in [-0.4, -0.2) is 46.8 Å². The molecular formula is C25H27BrN2O5S. The van der Waals surface area contributed by atoms with Crippen molar-refractivity contribution < 1.29 is 24.2 Å². The largest absolute Gasteiger partial charge is 0.490 e. The van der Waals surface area contributed by atoms with Crippen molar-refractivity contribution in [1.82, 2.24) is 4.90 Å². The summed E-state index contributed by atoms with van der Waals surface area (Å²) < 4.78 is 12.5. The van der Waals surface area contributed by atoms with Crippen LogP contribution in [0, 0.1) is 0 Å². The zero-order chi connectivity index (χ0) is 24.7. The third-order valence-corrected chi connectivity index (χ3v) is 6.51. The van der Waals surface area contributed by atoms with Crippen molar-refractivity contribution >= 4 is 56.5 Å². The first kappa shape index (κ1) is 25.8. The number of halogens is 1. The van der Waals surface area contributed by atoms with Crippen LogP contribution >= 0.6 is 27.7 Å². The first-order valence-electron chi connectivity index (χ1n) is 11.1. The van der Waals surface area contributed by atoms with Crippen LogP contribution in [-0.2, 0) is 4.79 Å². The highest BCUT2D eigenvalue weighted by Gasteiger charge is 2.32. The molecule has 34 heavy (non-hydrogen) atoms. The van der Waals surface area contributed by atoms with Crippen molar-refractivity contribution in [2.75, 3.05) is 19.8 Å². The first-order chi connectivity index (χ1) is 16.4. The lowest BCUT2D eigenvalue weighted by molar-refractivity contribution is -0.122. The highest BCUT2D eigenvalue weighted by Crippen LogP contribution is 2.39. The second kappa shape index (κ2) is 12.1. The van der Waals surface area contributed by atoms with Gasteiger partial charge in [0, 0.05) is 6.54 Å². The van der Waals surface area contributed by atoms with E-state index in [1.807, 2.05) is 32.1 Å². The van der Waals surface area contributed by atoms with E-state index in [1.165, 1.54) is 23.9 Å². The fourth-order valence-electron chi connectivity index (χ4n) is 3.20. The smallest absolute Gasteiger partial charge is 0.335 e. The van der Waals surface area contributed by atoms with E-state index in [0.29, 0.717) is 47.0 Å². The summed E-state index contributed by atoms with van der Waals surface area (Å²) in [6.07, 6.45) is 3.80. The number of benzene rings is 2. The Balaban J connectivity index is 1.90. The molecule has 0 aromatic heterocycles. The van der Waals surface area contributed by atoms with Gasteiger partial charge >= 0.3 is 5.97 Å². The SMILES string of the molecule is CCCCOc1c(Br)cc(/C=C2/SC(=Nc3ccc(C(=O)O)cc3)N(CC)C2=O)cc1OCC. The Kier molecular flexibility index (Phi) is 9.18. The molecule has 0 saturated carbocycles. The minimum atomic E-state index is -0.996. The van der Waals surface area contributed by atoms with Crippen LogP contribution in [0.5, 0.6) is 11.5 Å². The Morgan fingerprint density at radius 2 is 1.91 bits per heavy atom. The zero-order valence-corrected chi connectivity index (χ0v) is 21.7. The number of hydrogen-bond acceptors (Lipinski definition) is 6. The van der Waals surface area contributed by atoms with Crippen molar-refractivity contribution in [1.29, 1.82) is 0 Å². The van der Waals surface area contributed by atoms with E-state index in [4.69, 9.17) is 14.6 Å². The molecule has 1 saturated heterocycles. The quantitative estimate of drug-likeness (QED) is 0.276. The number of amides is 1. The highest BCUT2D eigenvalue weighted by molar-refractivity contribution is 9.10. The Hall–Kier alpha value is -2.78. The number of carboxylic acid groups (broad SMARTS) is 1. The molecular weight excluding hydrogens is 520 g/mol. The summed E-state index contributed by atoms with van der Waals surface area (Å²) >= 11 is 4.86. The predicted octanol–water partition coefficient (Wildman–Crippen LogP) is 6.35. The Morgan fingerprint density at radius 3 is 2.53 bits per heavy atom. The Morgan fingerprint density at radius 1 is 1.18 bits per heavy atom. The average molecular weight is 547 g/mol. The molecule has 2 aromatic rings. The molecule has 7 nitrogen and oxygen atoms in total. The third kappa shape index (κ3) is 6.21. The van der Waals surface area contributed by atoms with Gasteiger partial charge in [-0.1, -0.05) is 13.3 Å². The van der Waals surface area contributed by atoms with Crippen LogP contribution in [0.25, 0.3) is 6.08 Å². The lowest BCUT2D eigenvalue weighted by Crippen LogP contribution is -2.28. The summed E-state index contributed by atoms with van der Waals surface area (Å²) in [5, 5.41) is 9.62. The Labute approximate surface area is 212 Å². The molecule has 0 atom stereocenters. The fraction of sp³-hybridized carbons (Fsp3) is 0.320. The molecule has 0 radical (unpaired) electrons. The van der Waals surface area contributed by atoms with Crippen molar-refractivity contribution in [3.05, 3.63) is 56.9 Å². The molecule has 0 bridgehead atoms. The highest BCUT2D eigenvalue weighted by atomic mass is 79.9. The van der Waals surface area contributed by atoms with Gasteiger partial charge in [0.1, 0.15) is 0 Å². The van der Waals surface area contributed by atoms with Gasteiger partial charge in [0.15, 0.2) is 16.7 Å². The summed E-state index contributed by atoms with van der Waals surface area (Å²) in [5.41, 5.74) is 1.57. The maximum Gasteiger partial charge on any atom is 0.335 e. The van der Waals surface area contributed by atoms with E-state index >= 15 is 0 Å². The molecule has 0 unspecified atom stereocenters. The van der Waals surface area contributed by atoms with Crippen LogP contribution in [0.4, 0.5) is 5.69 Å². The van der Waals surface area contributed by atoms with E-state index in [2.05, 4.69) is 27.8 Å². The number of aromatic carboxylic acids is 1. The number of hydrogen-bond donors (Lipinski definition) is 1. The molecule has 180 valence electrons. The van der Waals surface area contributed by atoms with Gasteiger partial charge in [-0.25, -0.2) is 9.79 Å². The van der Waals surface area contributed by atoms with Crippen molar-refractivity contribution in [2.45, 2.75) is 33.6 Å². The third-order valence-electron chi connectivity index (χ3n) is 4.92. The maximum absolute atomic E-state index is 13.0. The minimum Gasteiger partial charge on any atom is -0.490 e. The molecule has 1 heterocycles. The average Bonchev–Trinajstić information content (AvgIpc) is 3.09. The van der Waals surface area contributed by atoms with Crippen LogP contribution < -0.4 is 9.47 Å². The number of likely N-dealkylation sites (N-methyl/N-ethyl adjacent to an activating group) is 1. The van der Waals surface area contributed by atoms with Crippen molar-refractivity contribution in [3.8, 4) is 11.5 Å². The van der Waals surface area contributed by atoms with E-state index in [0.717, 1.165) is 22.9 Å². The molecule has 0 spiro atoms. The molecule has 9 heteroatoms. The number of aliphatic imine (C=N–C) groups is 1. The summed E-state index contributed by atoms with van der Waals surface area (Å²) in [6, 6.07) is 10.0. The summed E-state index contributed by atoms with van der Waals surface area (Å²) in [6.45, 7) is 7.46. The number of ether oxygens (including phenoxy) is 2. The van der Waals surface area contributed by atoms with E-state index in [9.17, 15) is 9.59 Å². The number of unbranched alkanes of at least 4 members (excludes halogenated alkanes) is 1. The maximum atomic E-state index is 13.0. The summed E-state index contributed by atoms with van der Waals surface area (Å²) in [7, 11) is 0. The molecule has 2 aromatic carbocycles. The minimum absolute atomic E-state index is 0.134. The normalized spacial score (nSPS) is 15.9. The fourth-order valence-corrected chi connectivity index (χ4v) is 4.84. The van der Waals surface area contributed by atoms with Crippen LogP contribution in [0.15, 0.2) is 50.8 Å². The van der Waals surface area contributed by atoms with Gasteiger partial charge in [-0.2, -0.15) is 0 Å². The molecule has 3 rings (SSSR count). The summed E-state index contributed by atoms with van der Waals surface area (Å²) in [4.78, 5) is 30.8. The second-order valence-electron chi connectivity index (χ2n) is 7.37. The van der Waals surface area contributed by atoms with Crippen molar-refractivity contribution in [3.63, 3.8) is 0 Å². The molecule has 1 N–H and O–H groups in total. The topological polar surface area (TPSA) is 88.4 Å². The van der Waals surface area contributed by atoms with Gasteiger partial charge in [-0.15, -0.1) is 0 Å². The van der Waals surface area contributed by atoms with E-state index < -0.39 is 5.97 Å². The van der Waals surface area contributed by atoms with Gasteiger partial charge < -0.3 is 14.6 Å². The number of carboxylic acids is 1. The molecule has 1 aliphatic heterocycles. The van der Waals surface area contributed by atoms with Gasteiger partial charge in [-0.05, 0) is 96.0 Å². The number of nitrogens with zero attached hydrogens (tertiary/aromatic N) is 2. The van der Waals surface area contributed by atoms with E-state index in [1.54, 1.807) is 17.0 Å². The van der Waals surface area contributed by atoms with Crippen LogP contribution in [0.2, 0.25) is 0 Å². The van der Waals surface area contributed by atoms with Gasteiger partial charge in [0.05, 0.1) is 33.8 Å². The Bertz CT molecular complexity index is 1120. The monoisotopic (exact) mass is 546 g/mol. The number of rotatable bonds is 10. The predicted molar refractivity (Wildman–Crippen MR) is 139 cm³/mol. The zero-order valence-electron chi connectivity index (χ0n) is 19.3. The van der Waals surface area contributed by atoms with Gasteiger partial charge in [0.2, 0.25) is 0 Å². The molecule has 1 amide bonds. The molecule has 1 aliphatic rings. The van der Waals surface area contributed by atoms with Crippen LogP contribution in [0.1, 0.15) is 49.5 Å². The second-order valence-corrected chi connectivity index (χ2v) is 9.23. The van der Waals surface area contributed by atoms with Crippen molar-refractivity contribution in [2.24, 2.45) is 4.99 Å². The number of carbonyl (C=O) groups excluding carboxylic acids is 1. The first-order valence-corrected chi connectivity index (χ1v) is 12.7.